The quantitative estimate of drug-likeness (QED) is 0.354. The lowest BCUT2D eigenvalue weighted by molar-refractivity contribution is -0.0617. The maximum atomic E-state index is 7.92. The van der Waals surface area contributed by atoms with E-state index in [1.54, 1.807) is 11.1 Å². The van der Waals surface area contributed by atoms with Gasteiger partial charge in [0.2, 0.25) is 0 Å². The Bertz CT molecular complexity index is 1140. The Balaban J connectivity index is 1.67. The summed E-state index contributed by atoms with van der Waals surface area (Å²) in [5, 5.41) is 2.77. The van der Waals surface area contributed by atoms with E-state index in [1.807, 2.05) is 0 Å². The van der Waals surface area contributed by atoms with Crippen molar-refractivity contribution in [1.29, 1.82) is 0 Å². The monoisotopic (exact) mass is 482 g/mol. The van der Waals surface area contributed by atoms with Crippen molar-refractivity contribution < 1.29 is 4.43 Å². The highest BCUT2D eigenvalue weighted by molar-refractivity contribution is 6.99. The van der Waals surface area contributed by atoms with Gasteiger partial charge in [0, 0.05) is 0 Å². The lowest BCUT2D eigenvalue weighted by atomic mass is 9.53. The van der Waals surface area contributed by atoms with Gasteiger partial charge < -0.3 is 4.43 Å². The summed E-state index contributed by atoms with van der Waals surface area (Å²) < 4.78 is 7.92. The van der Waals surface area contributed by atoms with Crippen molar-refractivity contribution in [3.05, 3.63) is 95.6 Å². The molecule has 0 amide bonds. The summed E-state index contributed by atoms with van der Waals surface area (Å²) in [4.78, 5) is 0. The molecule has 184 valence electrons. The Morgan fingerprint density at radius 3 is 2.00 bits per heavy atom. The standard InChI is InChI=1S/C33H42OSi/c1-25-18-20-29-26(24-25)19-21-30-32(29,5)22-13-23-33(30,6)34-35(31(2,3)4,27-14-9-7-10-15-27)28-16-11-8-12-17-28/h7-12,14-18,20,24,30H,13,19,21-23H2,1-6H3/t30-,32+,33+/m0/s1. The molecule has 2 aliphatic rings. The lowest BCUT2D eigenvalue weighted by Crippen LogP contribution is -2.71. The molecule has 3 aromatic rings. The maximum absolute atomic E-state index is 7.92. The number of hydrogen-bond donors (Lipinski definition) is 0. The summed E-state index contributed by atoms with van der Waals surface area (Å²) in [5.41, 5.74) is 4.53. The van der Waals surface area contributed by atoms with Crippen LogP contribution in [-0.2, 0) is 16.3 Å². The van der Waals surface area contributed by atoms with Gasteiger partial charge in [-0.1, -0.05) is 112 Å². The Labute approximate surface area is 214 Å². The molecule has 1 fully saturated rings. The van der Waals surface area contributed by atoms with Crippen molar-refractivity contribution in [2.75, 3.05) is 0 Å². The molecule has 0 N–H and O–H groups in total. The van der Waals surface area contributed by atoms with Gasteiger partial charge in [-0.3, -0.25) is 0 Å². The van der Waals surface area contributed by atoms with E-state index in [9.17, 15) is 0 Å². The van der Waals surface area contributed by atoms with Crippen molar-refractivity contribution in [1.82, 2.24) is 0 Å². The van der Waals surface area contributed by atoms with Crippen LogP contribution in [0, 0.1) is 12.8 Å². The van der Waals surface area contributed by atoms with E-state index in [1.165, 1.54) is 35.2 Å². The van der Waals surface area contributed by atoms with Crippen molar-refractivity contribution in [2.24, 2.45) is 5.92 Å². The molecule has 3 aromatic carbocycles. The molecule has 3 atom stereocenters. The fourth-order valence-corrected chi connectivity index (χ4v) is 12.6. The van der Waals surface area contributed by atoms with Crippen LogP contribution in [0.25, 0.3) is 0 Å². The zero-order chi connectivity index (χ0) is 24.9. The van der Waals surface area contributed by atoms with E-state index < -0.39 is 8.32 Å². The molecule has 0 radical (unpaired) electrons. The lowest BCUT2D eigenvalue weighted by Gasteiger charge is -2.59. The Morgan fingerprint density at radius 2 is 1.43 bits per heavy atom. The molecular formula is C33H42OSi. The van der Waals surface area contributed by atoms with Crippen molar-refractivity contribution >= 4 is 18.7 Å². The summed E-state index contributed by atoms with van der Waals surface area (Å²) in [5.74, 6) is 0.514. The van der Waals surface area contributed by atoms with Crippen LogP contribution in [0.4, 0.5) is 0 Å². The third kappa shape index (κ3) is 3.94. The summed E-state index contributed by atoms with van der Waals surface area (Å²) in [6, 6.07) is 29.6. The first-order valence-electron chi connectivity index (χ1n) is 13.5. The number of aryl methyl sites for hydroxylation is 2. The fourth-order valence-electron chi connectivity index (χ4n) is 7.68. The summed E-state index contributed by atoms with van der Waals surface area (Å²) >= 11 is 0. The zero-order valence-electron chi connectivity index (χ0n) is 22.5. The van der Waals surface area contributed by atoms with Crippen LogP contribution < -0.4 is 10.4 Å². The predicted octanol–water partition coefficient (Wildman–Crippen LogP) is 7.33. The first kappa shape index (κ1) is 24.5. The number of hydrogen-bond acceptors (Lipinski definition) is 1. The number of fused-ring (bicyclic) bond motifs is 3. The van der Waals surface area contributed by atoms with Gasteiger partial charge in [0.05, 0.1) is 5.60 Å². The molecule has 0 aliphatic heterocycles. The first-order chi connectivity index (χ1) is 16.6. The minimum Gasteiger partial charge on any atom is -0.402 e. The van der Waals surface area contributed by atoms with Gasteiger partial charge in [-0.2, -0.15) is 0 Å². The molecule has 0 heterocycles. The highest BCUT2D eigenvalue weighted by Gasteiger charge is 2.59. The summed E-state index contributed by atoms with van der Waals surface area (Å²) in [6.07, 6.45) is 5.99. The first-order valence-corrected chi connectivity index (χ1v) is 15.4. The Kier molecular flexibility index (Phi) is 6.13. The van der Waals surface area contributed by atoms with Gasteiger partial charge >= 0.3 is 0 Å². The van der Waals surface area contributed by atoms with E-state index in [0.717, 1.165) is 12.8 Å². The van der Waals surface area contributed by atoms with Gasteiger partial charge in [0.25, 0.3) is 8.32 Å². The summed E-state index contributed by atoms with van der Waals surface area (Å²) in [7, 11) is -2.62. The van der Waals surface area contributed by atoms with Gasteiger partial charge in [-0.15, -0.1) is 0 Å². The van der Waals surface area contributed by atoms with E-state index in [4.69, 9.17) is 4.43 Å². The van der Waals surface area contributed by atoms with Gasteiger partial charge in [-0.05, 0) is 83.8 Å². The Morgan fingerprint density at radius 1 is 0.829 bits per heavy atom. The third-order valence-corrected chi connectivity index (χ3v) is 14.4. The fraction of sp³-hybridized carbons (Fsp3) is 0.455. The van der Waals surface area contributed by atoms with E-state index >= 15 is 0 Å². The highest BCUT2D eigenvalue weighted by Crippen LogP contribution is 2.56. The van der Waals surface area contributed by atoms with E-state index in [-0.39, 0.29) is 16.1 Å². The highest BCUT2D eigenvalue weighted by atomic mass is 28.4. The SMILES string of the molecule is Cc1ccc2c(c1)CC[C@@H]1[C@](C)(O[Si](c3ccccc3)(c3ccccc3)C(C)(C)C)CCC[C@]21C. The maximum Gasteiger partial charge on any atom is 0.261 e. The van der Waals surface area contributed by atoms with Gasteiger partial charge in [0.1, 0.15) is 0 Å². The molecule has 1 nitrogen and oxygen atoms in total. The smallest absolute Gasteiger partial charge is 0.261 e. The molecule has 1 saturated carbocycles. The topological polar surface area (TPSA) is 9.23 Å². The zero-order valence-corrected chi connectivity index (χ0v) is 23.5. The number of benzene rings is 3. The van der Waals surface area contributed by atoms with Crippen LogP contribution >= 0.6 is 0 Å². The van der Waals surface area contributed by atoms with Crippen LogP contribution in [0.3, 0.4) is 0 Å². The van der Waals surface area contributed by atoms with Crippen molar-refractivity contribution in [2.45, 2.75) is 89.7 Å². The second-order valence-corrected chi connectivity index (χ2v) is 16.8. The van der Waals surface area contributed by atoms with Crippen LogP contribution in [0.15, 0.2) is 78.9 Å². The Hall–Kier alpha value is -2.16. The summed E-state index contributed by atoms with van der Waals surface area (Å²) in [6.45, 7) is 14.5. The molecule has 0 bridgehead atoms. The molecule has 0 spiro atoms. The van der Waals surface area contributed by atoms with Crippen LogP contribution in [-0.4, -0.2) is 13.9 Å². The molecular weight excluding hydrogens is 440 g/mol. The molecule has 5 rings (SSSR count). The normalized spacial score (nSPS) is 26.6. The van der Waals surface area contributed by atoms with Gasteiger partial charge in [-0.25, -0.2) is 0 Å². The second-order valence-electron chi connectivity index (χ2n) is 12.6. The molecule has 0 aromatic heterocycles. The predicted molar refractivity (Wildman–Crippen MR) is 151 cm³/mol. The third-order valence-electron chi connectivity index (χ3n) is 9.26. The molecule has 35 heavy (non-hydrogen) atoms. The van der Waals surface area contributed by atoms with Crippen LogP contribution in [0.1, 0.15) is 77.0 Å². The average Bonchev–Trinajstić information content (AvgIpc) is 2.82. The minimum absolute atomic E-state index is 0.00372. The van der Waals surface area contributed by atoms with E-state index in [0.29, 0.717) is 5.92 Å². The molecule has 0 unspecified atom stereocenters. The number of rotatable bonds is 4. The van der Waals surface area contributed by atoms with Crippen LogP contribution in [0.2, 0.25) is 5.04 Å². The van der Waals surface area contributed by atoms with E-state index in [2.05, 4.69) is 120 Å². The van der Waals surface area contributed by atoms with Gasteiger partial charge in [0.15, 0.2) is 0 Å². The van der Waals surface area contributed by atoms with Crippen molar-refractivity contribution in [3.8, 4) is 0 Å². The molecule has 0 saturated heterocycles. The molecule has 2 heteroatoms. The van der Waals surface area contributed by atoms with Crippen LogP contribution in [0.5, 0.6) is 0 Å². The second kappa shape index (κ2) is 8.75. The van der Waals surface area contributed by atoms with Crippen molar-refractivity contribution in [3.63, 3.8) is 0 Å². The minimum atomic E-state index is -2.62. The average molecular weight is 483 g/mol. The molecule has 2 aliphatic carbocycles. The largest absolute Gasteiger partial charge is 0.402 e.